The van der Waals surface area contributed by atoms with E-state index in [2.05, 4.69) is 26.1 Å². The zero-order chi connectivity index (χ0) is 15.0. The normalized spacial score (nSPS) is 32.1. The van der Waals surface area contributed by atoms with E-state index in [9.17, 15) is 4.39 Å². The monoisotopic (exact) mass is 291 g/mol. The van der Waals surface area contributed by atoms with Crippen LogP contribution in [0, 0.1) is 17.2 Å². The summed E-state index contributed by atoms with van der Waals surface area (Å²) in [5.41, 5.74) is 1.40. The molecule has 4 unspecified atom stereocenters. The van der Waals surface area contributed by atoms with Crippen LogP contribution in [0.3, 0.4) is 0 Å². The highest BCUT2D eigenvalue weighted by molar-refractivity contribution is 5.18. The molecule has 1 saturated carbocycles. The van der Waals surface area contributed by atoms with Crippen molar-refractivity contribution in [1.29, 1.82) is 0 Å². The largest absolute Gasteiger partial charge is 0.377 e. The Labute approximate surface area is 127 Å². The number of fused-ring (bicyclic) bond motifs is 1. The van der Waals surface area contributed by atoms with Crippen molar-refractivity contribution in [2.45, 2.75) is 58.2 Å². The first kappa shape index (κ1) is 15.0. The Balaban J connectivity index is 1.59. The predicted octanol–water partition coefficient (Wildman–Crippen LogP) is 3.55. The van der Waals surface area contributed by atoms with E-state index < -0.39 is 0 Å². The topological polar surface area (TPSA) is 21.3 Å². The van der Waals surface area contributed by atoms with Gasteiger partial charge in [-0.3, -0.25) is 0 Å². The van der Waals surface area contributed by atoms with Crippen LogP contribution in [0.4, 0.5) is 4.39 Å². The fourth-order valence-electron chi connectivity index (χ4n) is 4.20. The SMILES string of the molecule is CC(Cc1ccc(F)cc1)NC1C2CCCOC2C1(C)C. The molecule has 3 rings (SSSR count). The lowest BCUT2D eigenvalue weighted by molar-refractivity contribution is -0.194. The van der Waals surface area contributed by atoms with Crippen LogP contribution >= 0.6 is 0 Å². The van der Waals surface area contributed by atoms with Gasteiger partial charge in [0.15, 0.2) is 0 Å². The third-order valence-corrected chi connectivity index (χ3v) is 5.25. The second kappa shape index (κ2) is 5.69. The van der Waals surface area contributed by atoms with Crippen molar-refractivity contribution in [2.75, 3.05) is 6.61 Å². The molecule has 3 heteroatoms. The molecule has 21 heavy (non-hydrogen) atoms. The Kier molecular flexibility index (Phi) is 4.06. The van der Waals surface area contributed by atoms with Crippen LogP contribution in [0.2, 0.25) is 0 Å². The van der Waals surface area contributed by atoms with Gasteiger partial charge in [0.2, 0.25) is 0 Å². The summed E-state index contributed by atoms with van der Waals surface area (Å²) in [4.78, 5) is 0. The van der Waals surface area contributed by atoms with Crippen LogP contribution in [0.25, 0.3) is 0 Å². The quantitative estimate of drug-likeness (QED) is 0.916. The third-order valence-electron chi connectivity index (χ3n) is 5.25. The highest BCUT2D eigenvalue weighted by atomic mass is 19.1. The van der Waals surface area contributed by atoms with Crippen molar-refractivity contribution in [1.82, 2.24) is 5.32 Å². The highest BCUT2D eigenvalue weighted by Crippen LogP contribution is 2.51. The number of nitrogens with one attached hydrogen (secondary N) is 1. The van der Waals surface area contributed by atoms with Crippen molar-refractivity contribution < 1.29 is 9.13 Å². The lowest BCUT2D eigenvalue weighted by Crippen LogP contribution is -2.70. The molecule has 1 aromatic carbocycles. The van der Waals surface area contributed by atoms with E-state index in [1.54, 1.807) is 12.1 Å². The number of ether oxygens (including phenoxy) is 1. The molecular formula is C18H26FNO. The molecule has 1 saturated heterocycles. The fourth-order valence-corrected chi connectivity index (χ4v) is 4.20. The maximum atomic E-state index is 13.0. The van der Waals surface area contributed by atoms with Gasteiger partial charge in [0.25, 0.3) is 0 Å². The molecule has 1 heterocycles. The summed E-state index contributed by atoms with van der Waals surface area (Å²) in [7, 11) is 0. The summed E-state index contributed by atoms with van der Waals surface area (Å²) < 4.78 is 18.9. The molecule has 0 amide bonds. The molecule has 0 spiro atoms. The maximum Gasteiger partial charge on any atom is 0.123 e. The Bertz CT molecular complexity index is 484. The van der Waals surface area contributed by atoms with E-state index >= 15 is 0 Å². The number of hydrogen-bond acceptors (Lipinski definition) is 2. The second-order valence-electron chi connectivity index (χ2n) is 7.29. The molecule has 1 aliphatic heterocycles. The van der Waals surface area contributed by atoms with Crippen LogP contribution in [0.15, 0.2) is 24.3 Å². The summed E-state index contributed by atoms with van der Waals surface area (Å²) >= 11 is 0. The maximum absolute atomic E-state index is 13.0. The van der Waals surface area contributed by atoms with E-state index in [4.69, 9.17) is 4.74 Å². The Hall–Kier alpha value is -0.930. The Morgan fingerprint density at radius 1 is 1.33 bits per heavy atom. The minimum absolute atomic E-state index is 0.165. The van der Waals surface area contributed by atoms with Gasteiger partial charge in [-0.05, 0) is 43.9 Å². The van der Waals surface area contributed by atoms with Gasteiger partial charge in [0.1, 0.15) is 5.82 Å². The summed E-state index contributed by atoms with van der Waals surface area (Å²) in [5.74, 6) is 0.492. The first-order valence-electron chi connectivity index (χ1n) is 8.10. The van der Waals surface area contributed by atoms with Crippen molar-refractivity contribution >= 4 is 0 Å². The van der Waals surface area contributed by atoms with Crippen molar-refractivity contribution in [3.8, 4) is 0 Å². The van der Waals surface area contributed by atoms with Gasteiger partial charge in [0, 0.05) is 30.0 Å². The average Bonchev–Trinajstić information content (AvgIpc) is 2.47. The van der Waals surface area contributed by atoms with Crippen LogP contribution in [0.1, 0.15) is 39.2 Å². The third kappa shape index (κ3) is 2.86. The fraction of sp³-hybridized carbons (Fsp3) is 0.667. The first-order chi connectivity index (χ1) is 9.98. The van der Waals surface area contributed by atoms with Crippen molar-refractivity contribution in [2.24, 2.45) is 11.3 Å². The summed E-state index contributed by atoms with van der Waals surface area (Å²) in [6, 6.07) is 7.76. The summed E-state index contributed by atoms with van der Waals surface area (Å²) in [6.45, 7) is 7.75. The van der Waals surface area contributed by atoms with Gasteiger partial charge in [-0.25, -0.2) is 4.39 Å². The molecule has 0 aromatic heterocycles. The molecule has 4 atom stereocenters. The number of halogens is 1. The molecule has 1 N–H and O–H groups in total. The van der Waals surface area contributed by atoms with E-state index in [0.29, 0.717) is 24.1 Å². The number of hydrogen-bond donors (Lipinski definition) is 1. The van der Waals surface area contributed by atoms with E-state index in [1.165, 1.54) is 18.4 Å². The molecule has 116 valence electrons. The van der Waals surface area contributed by atoms with Crippen molar-refractivity contribution in [3.63, 3.8) is 0 Å². The molecule has 2 nitrogen and oxygen atoms in total. The molecule has 0 radical (unpaired) electrons. The van der Waals surface area contributed by atoms with E-state index in [-0.39, 0.29) is 11.2 Å². The lowest BCUT2D eigenvalue weighted by Gasteiger charge is -2.60. The molecule has 2 aliphatic rings. The zero-order valence-corrected chi connectivity index (χ0v) is 13.2. The highest BCUT2D eigenvalue weighted by Gasteiger charge is 2.57. The summed E-state index contributed by atoms with van der Waals surface area (Å²) in [5, 5.41) is 3.80. The van der Waals surface area contributed by atoms with Gasteiger partial charge in [-0.1, -0.05) is 26.0 Å². The standard InChI is InChI=1S/C18H26FNO/c1-12(11-13-6-8-14(19)9-7-13)20-16-15-5-4-10-21-17(15)18(16,2)3/h6-9,12,15-17,20H,4-5,10-11H2,1-3H3. The predicted molar refractivity (Wildman–Crippen MR) is 82.7 cm³/mol. The number of rotatable bonds is 4. The van der Waals surface area contributed by atoms with Gasteiger partial charge >= 0.3 is 0 Å². The Morgan fingerprint density at radius 2 is 2.05 bits per heavy atom. The molecule has 1 aliphatic carbocycles. The van der Waals surface area contributed by atoms with Gasteiger partial charge in [-0.15, -0.1) is 0 Å². The lowest BCUT2D eigenvalue weighted by atomic mass is 9.55. The van der Waals surface area contributed by atoms with Gasteiger partial charge in [-0.2, -0.15) is 0 Å². The Morgan fingerprint density at radius 3 is 2.76 bits per heavy atom. The van der Waals surface area contributed by atoms with Gasteiger partial charge in [0.05, 0.1) is 6.10 Å². The average molecular weight is 291 g/mol. The molecule has 2 fully saturated rings. The second-order valence-corrected chi connectivity index (χ2v) is 7.29. The van der Waals surface area contributed by atoms with Gasteiger partial charge < -0.3 is 10.1 Å². The van der Waals surface area contributed by atoms with Crippen LogP contribution in [-0.4, -0.2) is 24.8 Å². The molecule has 0 bridgehead atoms. The van der Waals surface area contributed by atoms with E-state index in [1.807, 2.05) is 12.1 Å². The van der Waals surface area contributed by atoms with E-state index in [0.717, 1.165) is 13.0 Å². The smallest absolute Gasteiger partial charge is 0.123 e. The molecular weight excluding hydrogens is 265 g/mol. The van der Waals surface area contributed by atoms with Crippen molar-refractivity contribution in [3.05, 3.63) is 35.6 Å². The first-order valence-corrected chi connectivity index (χ1v) is 8.10. The minimum atomic E-state index is -0.165. The number of benzene rings is 1. The van der Waals surface area contributed by atoms with Crippen LogP contribution in [-0.2, 0) is 11.2 Å². The summed E-state index contributed by atoms with van der Waals surface area (Å²) in [6.07, 6.45) is 3.81. The van der Waals surface area contributed by atoms with Crippen LogP contribution < -0.4 is 5.32 Å². The van der Waals surface area contributed by atoms with Crippen LogP contribution in [0.5, 0.6) is 0 Å². The minimum Gasteiger partial charge on any atom is -0.377 e. The zero-order valence-electron chi connectivity index (χ0n) is 13.2. The molecule has 1 aromatic rings.